The minimum Gasteiger partial charge on any atom is -0.377 e. The van der Waals surface area contributed by atoms with E-state index in [0.717, 1.165) is 32.5 Å². The molecule has 0 aliphatic carbocycles. The van der Waals surface area contributed by atoms with E-state index in [-0.39, 0.29) is 11.5 Å². The number of rotatable bonds is 4. The molecule has 4 nitrogen and oxygen atoms in total. The van der Waals surface area contributed by atoms with Crippen molar-refractivity contribution in [1.82, 2.24) is 4.90 Å². The number of nitrogens with two attached hydrogens (primary N) is 1. The minimum absolute atomic E-state index is 0.0457. The number of nitrogens with zero attached hydrogens (tertiary/aromatic N) is 1. The summed E-state index contributed by atoms with van der Waals surface area (Å²) in [5.41, 5.74) is 5.07. The van der Waals surface area contributed by atoms with Crippen molar-refractivity contribution in [2.75, 3.05) is 26.7 Å². The van der Waals surface area contributed by atoms with Crippen molar-refractivity contribution >= 4 is 5.91 Å². The van der Waals surface area contributed by atoms with Crippen LogP contribution in [0.15, 0.2) is 0 Å². The van der Waals surface area contributed by atoms with Crippen molar-refractivity contribution in [2.45, 2.75) is 31.8 Å². The fraction of sp³-hybridized carbons (Fsp3) is 0.900. The van der Waals surface area contributed by atoms with E-state index in [4.69, 9.17) is 10.5 Å². The van der Waals surface area contributed by atoms with E-state index in [2.05, 4.69) is 11.8 Å². The number of ether oxygens (including phenoxy) is 1. The molecule has 1 unspecified atom stereocenters. The second-order valence-corrected chi connectivity index (χ2v) is 4.25. The Labute approximate surface area is 85.4 Å². The molecule has 4 heteroatoms. The van der Waals surface area contributed by atoms with Crippen LogP contribution < -0.4 is 5.73 Å². The van der Waals surface area contributed by atoms with Gasteiger partial charge in [0.25, 0.3) is 0 Å². The van der Waals surface area contributed by atoms with Crippen molar-refractivity contribution in [1.29, 1.82) is 0 Å². The molecule has 0 bridgehead atoms. The smallest absolute Gasteiger partial charge is 0.218 e. The van der Waals surface area contributed by atoms with Gasteiger partial charge < -0.3 is 10.5 Å². The predicted octanol–water partition coefficient (Wildman–Crippen LogP) is 0.363. The summed E-state index contributed by atoms with van der Waals surface area (Å²) in [5, 5.41) is 0. The third-order valence-corrected chi connectivity index (χ3v) is 2.91. The standard InChI is InChI=1S/C10H20N2O2/c1-10(14-2)5-3-6-12(8-10)7-4-9(11)13/h3-8H2,1-2H3,(H2,11,13). The second-order valence-electron chi connectivity index (χ2n) is 4.25. The monoisotopic (exact) mass is 200 g/mol. The van der Waals surface area contributed by atoms with Gasteiger partial charge in [0.2, 0.25) is 5.91 Å². The molecule has 2 N–H and O–H groups in total. The van der Waals surface area contributed by atoms with E-state index in [9.17, 15) is 4.79 Å². The number of amides is 1. The molecule has 1 fully saturated rings. The maximum atomic E-state index is 10.6. The molecule has 1 atom stereocenters. The van der Waals surface area contributed by atoms with Crippen LogP contribution in [0.5, 0.6) is 0 Å². The number of carbonyl (C=O) groups is 1. The number of primary amides is 1. The van der Waals surface area contributed by atoms with Gasteiger partial charge in [0, 0.05) is 26.6 Å². The van der Waals surface area contributed by atoms with Crippen LogP contribution in [-0.4, -0.2) is 43.2 Å². The summed E-state index contributed by atoms with van der Waals surface area (Å²) >= 11 is 0. The summed E-state index contributed by atoms with van der Waals surface area (Å²) < 4.78 is 5.46. The lowest BCUT2D eigenvalue weighted by Gasteiger charge is -2.39. The van der Waals surface area contributed by atoms with E-state index < -0.39 is 0 Å². The summed E-state index contributed by atoms with van der Waals surface area (Å²) in [7, 11) is 1.75. The Morgan fingerprint density at radius 3 is 2.93 bits per heavy atom. The van der Waals surface area contributed by atoms with Gasteiger partial charge in [-0.25, -0.2) is 0 Å². The molecule has 1 aliphatic rings. The first kappa shape index (κ1) is 11.5. The Hall–Kier alpha value is -0.610. The van der Waals surface area contributed by atoms with E-state index in [0.29, 0.717) is 6.42 Å². The number of hydrogen-bond donors (Lipinski definition) is 1. The lowest BCUT2D eigenvalue weighted by molar-refractivity contribution is -0.118. The Morgan fingerprint density at radius 2 is 2.36 bits per heavy atom. The van der Waals surface area contributed by atoms with Gasteiger partial charge in [-0.15, -0.1) is 0 Å². The van der Waals surface area contributed by atoms with E-state index in [1.165, 1.54) is 0 Å². The van der Waals surface area contributed by atoms with Crippen molar-refractivity contribution in [3.63, 3.8) is 0 Å². The Kier molecular flexibility index (Phi) is 3.89. The number of hydrogen-bond acceptors (Lipinski definition) is 3. The van der Waals surface area contributed by atoms with Crippen molar-refractivity contribution in [3.05, 3.63) is 0 Å². The van der Waals surface area contributed by atoms with Gasteiger partial charge in [-0.05, 0) is 26.3 Å². The summed E-state index contributed by atoms with van der Waals surface area (Å²) in [6.07, 6.45) is 2.67. The highest BCUT2D eigenvalue weighted by atomic mass is 16.5. The third kappa shape index (κ3) is 3.27. The molecule has 0 aromatic heterocycles. The average Bonchev–Trinajstić information content (AvgIpc) is 2.15. The molecular formula is C10H20N2O2. The number of carbonyl (C=O) groups excluding carboxylic acids is 1. The maximum Gasteiger partial charge on any atom is 0.218 e. The highest BCUT2D eigenvalue weighted by Crippen LogP contribution is 2.23. The summed E-state index contributed by atoms with van der Waals surface area (Å²) in [6.45, 7) is 4.82. The first-order chi connectivity index (χ1) is 6.56. The van der Waals surface area contributed by atoms with Crippen LogP contribution in [0.1, 0.15) is 26.2 Å². The van der Waals surface area contributed by atoms with Crippen LogP contribution >= 0.6 is 0 Å². The van der Waals surface area contributed by atoms with E-state index in [1.807, 2.05) is 0 Å². The largest absolute Gasteiger partial charge is 0.377 e. The van der Waals surface area contributed by atoms with Gasteiger partial charge in [0.1, 0.15) is 0 Å². The van der Waals surface area contributed by atoms with Gasteiger partial charge in [-0.1, -0.05) is 0 Å². The SMILES string of the molecule is COC1(C)CCCN(CCC(N)=O)C1. The third-order valence-electron chi connectivity index (χ3n) is 2.91. The topological polar surface area (TPSA) is 55.6 Å². The van der Waals surface area contributed by atoms with E-state index >= 15 is 0 Å². The van der Waals surface area contributed by atoms with E-state index in [1.54, 1.807) is 7.11 Å². The molecule has 1 amide bonds. The fourth-order valence-corrected chi connectivity index (χ4v) is 1.93. The predicted molar refractivity (Wildman–Crippen MR) is 54.9 cm³/mol. The second kappa shape index (κ2) is 4.75. The minimum atomic E-state index is -0.227. The first-order valence-corrected chi connectivity index (χ1v) is 5.11. The summed E-state index contributed by atoms with van der Waals surface area (Å²) in [5.74, 6) is -0.227. The zero-order chi connectivity index (χ0) is 10.6. The molecule has 0 radical (unpaired) electrons. The molecule has 1 aliphatic heterocycles. The van der Waals surface area contributed by atoms with Gasteiger partial charge >= 0.3 is 0 Å². The Bertz CT molecular complexity index is 208. The summed E-state index contributed by atoms with van der Waals surface area (Å²) in [6, 6.07) is 0. The highest BCUT2D eigenvalue weighted by Gasteiger charge is 2.30. The molecule has 1 rings (SSSR count). The lowest BCUT2D eigenvalue weighted by atomic mass is 9.95. The molecule has 0 aromatic rings. The van der Waals surface area contributed by atoms with Gasteiger partial charge in [0.15, 0.2) is 0 Å². The van der Waals surface area contributed by atoms with Crippen LogP contribution in [0.4, 0.5) is 0 Å². The number of piperidine rings is 1. The zero-order valence-electron chi connectivity index (χ0n) is 9.08. The molecule has 82 valence electrons. The van der Waals surface area contributed by atoms with Crippen LogP contribution in [0, 0.1) is 0 Å². The Morgan fingerprint density at radius 1 is 1.64 bits per heavy atom. The Balaban J connectivity index is 2.36. The van der Waals surface area contributed by atoms with Gasteiger partial charge in [-0.3, -0.25) is 9.69 Å². The van der Waals surface area contributed by atoms with Crippen LogP contribution in [-0.2, 0) is 9.53 Å². The van der Waals surface area contributed by atoms with Gasteiger partial charge in [-0.2, -0.15) is 0 Å². The zero-order valence-corrected chi connectivity index (χ0v) is 9.08. The van der Waals surface area contributed by atoms with Crippen LogP contribution in [0.3, 0.4) is 0 Å². The average molecular weight is 200 g/mol. The summed E-state index contributed by atoms with van der Waals surface area (Å²) in [4.78, 5) is 12.9. The highest BCUT2D eigenvalue weighted by molar-refractivity contribution is 5.73. The van der Waals surface area contributed by atoms with Crippen LogP contribution in [0.25, 0.3) is 0 Å². The fourth-order valence-electron chi connectivity index (χ4n) is 1.93. The molecule has 1 saturated heterocycles. The number of likely N-dealkylation sites (tertiary alicyclic amines) is 1. The maximum absolute atomic E-state index is 10.6. The molecule has 14 heavy (non-hydrogen) atoms. The normalized spacial score (nSPS) is 29.0. The molecule has 1 heterocycles. The molecular weight excluding hydrogens is 180 g/mol. The number of methoxy groups -OCH3 is 1. The quantitative estimate of drug-likeness (QED) is 0.713. The van der Waals surface area contributed by atoms with Gasteiger partial charge in [0.05, 0.1) is 5.60 Å². The van der Waals surface area contributed by atoms with Crippen molar-refractivity contribution in [3.8, 4) is 0 Å². The first-order valence-electron chi connectivity index (χ1n) is 5.11. The molecule has 0 aromatic carbocycles. The molecule has 0 saturated carbocycles. The molecule has 0 spiro atoms. The van der Waals surface area contributed by atoms with Crippen molar-refractivity contribution < 1.29 is 9.53 Å². The lowest BCUT2D eigenvalue weighted by Crippen LogP contribution is -2.48. The van der Waals surface area contributed by atoms with Crippen molar-refractivity contribution in [2.24, 2.45) is 5.73 Å². The van der Waals surface area contributed by atoms with Crippen LogP contribution in [0.2, 0.25) is 0 Å².